The summed E-state index contributed by atoms with van der Waals surface area (Å²) in [7, 11) is 0. The van der Waals surface area contributed by atoms with E-state index in [4.69, 9.17) is 28.4 Å². The summed E-state index contributed by atoms with van der Waals surface area (Å²) < 4.78 is 33.5. The molecule has 15 heteroatoms. The Morgan fingerprint density at radius 1 is 0.492 bits per heavy atom. The van der Waals surface area contributed by atoms with E-state index in [1.54, 1.807) is 0 Å². The third kappa shape index (κ3) is 24.9. The molecule has 7 N–H and O–H groups in total. The molecule has 4 unspecified atom stereocenters. The van der Waals surface area contributed by atoms with Gasteiger partial charge in [-0.25, -0.2) is 0 Å². The van der Waals surface area contributed by atoms with E-state index in [1.165, 1.54) is 70.6 Å². The normalized spacial score (nSPS) is 27.0. The monoisotopic (exact) mass is 903 g/mol. The first-order valence-corrected chi connectivity index (χ1v) is 24.4. The van der Waals surface area contributed by atoms with Gasteiger partial charge in [0, 0.05) is 12.8 Å². The van der Waals surface area contributed by atoms with Crippen LogP contribution in [0, 0.1) is 0 Å². The lowest BCUT2D eigenvalue weighted by Crippen LogP contribution is -2.61. The number of carbonyl (C=O) groups is 2. The zero-order valence-corrected chi connectivity index (χ0v) is 38.6. The van der Waals surface area contributed by atoms with Crippen LogP contribution in [0.2, 0.25) is 0 Å². The van der Waals surface area contributed by atoms with Crippen LogP contribution in [0.5, 0.6) is 0 Å². The molecule has 15 nitrogen and oxygen atoms in total. The standard InChI is InChI=1S/C48H86O15/c1-3-5-7-9-11-13-15-17-18-19-21-23-25-27-29-31-40(51)61-36(33-58-39(50)30-28-26-24-22-20-16-14-12-10-8-6-4-2)34-59-47-46(57)44(55)42(53)38(63-47)35-60-48-45(56)43(54)41(52)37(32-49)62-48/h9,11-12,14,36-38,41-49,52-57H,3-8,10,13,15-35H2,1-2H3/b11-9+,14-12+/t36-,37-,38-,41+,42+,43?,44?,45?,46?,47-,48-/m1/s1. The Morgan fingerprint density at radius 3 is 1.44 bits per heavy atom. The number of unbranched alkanes of at least 4 members (excludes halogenated alkanes) is 19. The highest BCUT2D eigenvalue weighted by Crippen LogP contribution is 2.26. The predicted octanol–water partition coefficient (Wildman–Crippen LogP) is 5.99. The van der Waals surface area contributed by atoms with Crippen LogP contribution in [0.15, 0.2) is 24.3 Å². The van der Waals surface area contributed by atoms with Crippen LogP contribution in [0.4, 0.5) is 0 Å². The maximum Gasteiger partial charge on any atom is 0.306 e. The minimum atomic E-state index is -1.76. The number of esters is 2. The molecule has 2 aliphatic rings. The van der Waals surface area contributed by atoms with E-state index in [0.29, 0.717) is 12.8 Å². The first-order chi connectivity index (χ1) is 30.5. The quantitative estimate of drug-likeness (QED) is 0.0216. The van der Waals surface area contributed by atoms with Gasteiger partial charge in [-0.1, -0.05) is 128 Å². The lowest BCUT2D eigenvalue weighted by atomic mass is 9.98. The van der Waals surface area contributed by atoms with Crippen molar-refractivity contribution < 1.29 is 73.8 Å². The molecule has 0 spiro atoms. The molecule has 0 aromatic carbocycles. The van der Waals surface area contributed by atoms with Crippen molar-refractivity contribution >= 4 is 11.9 Å². The number of allylic oxidation sites excluding steroid dienone is 4. The maximum atomic E-state index is 13.0. The van der Waals surface area contributed by atoms with E-state index < -0.39 is 92.7 Å². The SMILES string of the molecule is CCCC/C=C/CCCCCCCCCCCC(=O)O[C@H](COC(=O)CCCCCCC/C=C/CCCCC)CO[C@@H]1O[C@H](CO[C@@H]2O[C@H](CO)[C@H](O)C(O)C2O)[C@H](O)C(O)C1O. The number of hydrogen-bond acceptors (Lipinski definition) is 15. The van der Waals surface area contributed by atoms with E-state index in [0.717, 1.165) is 64.2 Å². The molecule has 0 aliphatic carbocycles. The molecule has 0 saturated carbocycles. The first-order valence-electron chi connectivity index (χ1n) is 24.4. The molecule has 0 bridgehead atoms. The van der Waals surface area contributed by atoms with E-state index in [2.05, 4.69) is 38.2 Å². The zero-order valence-electron chi connectivity index (χ0n) is 38.6. The van der Waals surface area contributed by atoms with Gasteiger partial charge >= 0.3 is 11.9 Å². The van der Waals surface area contributed by atoms with Gasteiger partial charge in [-0.3, -0.25) is 9.59 Å². The van der Waals surface area contributed by atoms with Crippen molar-refractivity contribution in [3.05, 3.63) is 24.3 Å². The molecule has 2 saturated heterocycles. The van der Waals surface area contributed by atoms with Crippen molar-refractivity contribution in [2.75, 3.05) is 26.4 Å². The summed E-state index contributed by atoms with van der Waals surface area (Å²) >= 11 is 0. The van der Waals surface area contributed by atoms with Crippen LogP contribution in [0.3, 0.4) is 0 Å². The maximum absolute atomic E-state index is 13.0. The van der Waals surface area contributed by atoms with Crippen LogP contribution >= 0.6 is 0 Å². The molecule has 11 atom stereocenters. The van der Waals surface area contributed by atoms with Gasteiger partial charge in [0.1, 0.15) is 55.4 Å². The number of aliphatic hydroxyl groups is 7. The van der Waals surface area contributed by atoms with E-state index in [-0.39, 0.29) is 26.1 Å². The average Bonchev–Trinajstić information content (AvgIpc) is 3.28. The van der Waals surface area contributed by atoms with Gasteiger partial charge in [0.15, 0.2) is 18.7 Å². The highest BCUT2D eigenvalue weighted by Gasteiger charge is 2.47. The van der Waals surface area contributed by atoms with Gasteiger partial charge < -0.3 is 64.2 Å². The predicted molar refractivity (Wildman–Crippen MR) is 238 cm³/mol. The van der Waals surface area contributed by atoms with Crippen LogP contribution in [-0.2, 0) is 38.0 Å². The summed E-state index contributed by atoms with van der Waals surface area (Å²) in [5, 5.41) is 71.9. The van der Waals surface area contributed by atoms with E-state index in [9.17, 15) is 45.3 Å². The van der Waals surface area contributed by atoms with Gasteiger partial charge in [-0.05, 0) is 57.8 Å². The van der Waals surface area contributed by atoms with Crippen LogP contribution in [0.25, 0.3) is 0 Å². The molecule has 0 amide bonds. The van der Waals surface area contributed by atoms with Crippen LogP contribution in [0.1, 0.15) is 174 Å². The van der Waals surface area contributed by atoms with Gasteiger partial charge in [-0.15, -0.1) is 0 Å². The van der Waals surface area contributed by atoms with E-state index >= 15 is 0 Å². The van der Waals surface area contributed by atoms with E-state index in [1.807, 2.05) is 0 Å². The molecule has 0 aromatic rings. The van der Waals surface area contributed by atoms with Crippen molar-refractivity contribution in [2.45, 2.75) is 242 Å². The second-order valence-corrected chi connectivity index (χ2v) is 17.3. The number of carbonyl (C=O) groups excluding carboxylic acids is 2. The third-order valence-electron chi connectivity index (χ3n) is 11.7. The second kappa shape index (κ2) is 36.1. The summed E-state index contributed by atoms with van der Waals surface area (Å²) in [6.07, 6.45) is 17.8. The molecule has 0 radical (unpaired) electrons. The van der Waals surface area contributed by atoms with Crippen molar-refractivity contribution in [3.8, 4) is 0 Å². The Balaban J connectivity index is 1.83. The zero-order chi connectivity index (χ0) is 46.1. The summed E-state index contributed by atoms with van der Waals surface area (Å²) in [6.45, 7) is 2.52. The molecule has 63 heavy (non-hydrogen) atoms. The molecule has 2 heterocycles. The summed E-state index contributed by atoms with van der Waals surface area (Å²) in [6, 6.07) is 0. The lowest BCUT2D eigenvalue weighted by molar-refractivity contribution is -0.332. The highest BCUT2D eigenvalue weighted by atomic mass is 16.7. The van der Waals surface area contributed by atoms with Crippen LogP contribution < -0.4 is 0 Å². The largest absolute Gasteiger partial charge is 0.462 e. The topological polar surface area (TPSA) is 231 Å². The summed E-state index contributed by atoms with van der Waals surface area (Å²) in [5.41, 5.74) is 0. The second-order valence-electron chi connectivity index (χ2n) is 17.3. The molecule has 368 valence electrons. The number of hydrogen-bond donors (Lipinski definition) is 7. The summed E-state index contributed by atoms with van der Waals surface area (Å²) in [5.74, 6) is -0.936. The fourth-order valence-corrected chi connectivity index (χ4v) is 7.54. The van der Waals surface area contributed by atoms with Crippen molar-refractivity contribution in [2.24, 2.45) is 0 Å². The molecule has 2 aliphatic heterocycles. The minimum Gasteiger partial charge on any atom is -0.462 e. The summed E-state index contributed by atoms with van der Waals surface area (Å²) in [4.78, 5) is 25.7. The minimum absolute atomic E-state index is 0.162. The number of rotatable bonds is 37. The fraction of sp³-hybridized carbons (Fsp3) is 0.875. The number of aliphatic hydroxyl groups excluding tert-OH is 7. The van der Waals surface area contributed by atoms with Gasteiger partial charge in [0.25, 0.3) is 0 Å². The van der Waals surface area contributed by atoms with Crippen molar-refractivity contribution in [1.82, 2.24) is 0 Å². The third-order valence-corrected chi connectivity index (χ3v) is 11.7. The van der Waals surface area contributed by atoms with Gasteiger partial charge in [-0.2, -0.15) is 0 Å². The molecule has 2 rings (SSSR count). The molecule has 0 aromatic heterocycles. The first kappa shape index (κ1) is 57.1. The van der Waals surface area contributed by atoms with Gasteiger partial charge in [0.05, 0.1) is 19.8 Å². The fourth-order valence-electron chi connectivity index (χ4n) is 7.54. The Bertz CT molecular complexity index is 1200. The Hall–Kier alpha value is -2.02. The van der Waals surface area contributed by atoms with Crippen LogP contribution in [-0.4, -0.2) is 142 Å². The smallest absolute Gasteiger partial charge is 0.306 e. The lowest BCUT2D eigenvalue weighted by Gasteiger charge is -2.42. The van der Waals surface area contributed by atoms with Gasteiger partial charge in [0.2, 0.25) is 0 Å². The molecule has 2 fully saturated rings. The van der Waals surface area contributed by atoms with Crippen molar-refractivity contribution in [1.29, 1.82) is 0 Å². The van der Waals surface area contributed by atoms with Crippen molar-refractivity contribution in [3.63, 3.8) is 0 Å². The number of ether oxygens (including phenoxy) is 6. The average molecular weight is 903 g/mol. The molecular formula is C48H86O15. The Labute approximate surface area is 377 Å². The Kier molecular flexibility index (Phi) is 32.8. The molecular weight excluding hydrogens is 817 g/mol. The Morgan fingerprint density at radius 2 is 0.921 bits per heavy atom. The highest BCUT2D eigenvalue weighted by molar-refractivity contribution is 5.70.